The SMILES string of the molecule is COC(=O)c1ccccc1Sc1cc2c3c(c1)-c1c(ccc(OC)c1O)CC3N(C)CC2. The number of phenols is 1. The number of carbonyl (C=O) groups excluding carboxylic acids is 1. The Labute approximate surface area is 192 Å². The average Bonchev–Trinajstić information content (AvgIpc) is 2.81. The second-order valence-electron chi connectivity index (χ2n) is 8.23. The van der Waals surface area contributed by atoms with Gasteiger partial charge >= 0.3 is 5.97 Å². The van der Waals surface area contributed by atoms with Crippen molar-refractivity contribution in [2.75, 3.05) is 27.8 Å². The first-order valence-corrected chi connectivity index (χ1v) is 11.4. The summed E-state index contributed by atoms with van der Waals surface area (Å²) in [5, 5.41) is 11.0. The average molecular weight is 448 g/mol. The third-order valence-electron chi connectivity index (χ3n) is 6.49. The minimum absolute atomic E-state index is 0.191. The lowest BCUT2D eigenvalue weighted by atomic mass is 9.77. The van der Waals surface area contributed by atoms with Gasteiger partial charge in [0.1, 0.15) is 0 Å². The molecule has 0 amide bonds. The zero-order chi connectivity index (χ0) is 22.4. The van der Waals surface area contributed by atoms with Gasteiger partial charge in [-0.3, -0.25) is 4.90 Å². The monoisotopic (exact) mass is 447 g/mol. The molecule has 0 spiro atoms. The Balaban J connectivity index is 1.68. The molecule has 3 aromatic carbocycles. The van der Waals surface area contributed by atoms with Crippen LogP contribution in [0.2, 0.25) is 0 Å². The zero-order valence-electron chi connectivity index (χ0n) is 18.3. The predicted molar refractivity (Wildman–Crippen MR) is 125 cm³/mol. The van der Waals surface area contributed by atoms with Crippen LogP contribution in [0.4, 0.5) is 0 Å². The highest BCUT2D eigenvalue weighted by Crippen LogP contribution is 2.51. The molecular formula is C26H25NO4S. The molecule has 0 saturated carbocycles. The first kappa shape index (κ1) is 20.9. The summed E-state index contributed by atoms with van der Waals surface area (Å²) in [5.41, 5.74) is 6.18. The lowest BCUT2D eigenvalue weighted by Gasteiger charge is -2.40. The van der Waals surface area contributed by atoms with Crippen LogP contribution in [0.5, 0.6) is 11.5 Å². The highest BCUT2D eigenvalue weighted by atomic mass is 32.2. The summed E-state index contributed by atoms with van der Waals surface area (Å²) in [4.78, 5) is 16.5. The van der Waals surface area contributed by atoms with Gasteiger partial charge in [-0.25, -0.2) is 4.79 Å². The van der Waals surface area contributed by atoms with Crippen molar-refractivity contribution in [1.29, 1.82) is 0 Å². The Hall–Kier alpha value is -2.96. The van der Waals surface area contributed by atoms with E-state index in [0.717, 1.165) is 45.9 Å². The van der Waals surface area contributed by atoms with Gasteiger partial charge < -0.3 is 14.6 Å². The van der Waals surface area contributed by atoms with Gasteiger partial charge in [0.2, 0.25) is 0 Å². The fraction of sp³-hybridized carbons (Fsp3) is 0.269. The van der Waals surface area contributed by atoms with Gasteiger partial charge in [0, 0.05) is 27.9 Å². The van der Waals surface area contributed by atoms with Crippen LogP contribution in [0.1, 0.15) is 33.1 Å². The van der Waals surface area contributed by atoms with Gasteiger partial charge in [-0.05, 0) is 72.5 Å². The van der Waals surface area contributed by atoms with E-state index >= 15 is 0 Å². The van der Waals surface area contributed by atoms with E-state index in [1.165, 1.54) is 18.2 Å². The maximum atomic E-state index is 12.3. The Morgan fingerprint density at radius 1 is 1.12 bits per heavy atom. The topological polar surface area (TPSA) is 59.0 Å². The summed E-state index contributed by atoms with van der Waals surface area (Å²) in [5.74, 6) is 0.326. The van der Waals surface area contributed by atoms with Crippen molar-refractivity contribution in [2.45, 2.75) is 28.7 Å². The summed E-state index contributed by atoms with van der Waals surface area (Å²) in [6, 6.07) is 16.1. The quantitative estimate of drug-likeness (QED) is 0.562. The Morgan fingerprint density at radius 3 is 2.72 bits per heavy atom. The van der Waals surface area contributed by atoms with Crippen molar-refractivity contribution in [3.8, 4) is 22.6 Å². The van der Waals surface area contributed by atoms with E-state index < -0.39 is 0 Å². The van der Waals surface area contributed by atoms with Gasteiger partial charge in [0.05, 0.1) is 19.8 Å². The van der Waals surface area contributed by atoms with Crippen molar-refractivity contribution >= 4 is 17.7 Å². The Kier molecular flexibility index (Phi) is 5.35. The molecule has 3 aromatic rings. The van der Waals surface area contributed by atoms with Crippen molar-refractivity contribution in [2.24, 2.45) is 0 Å². The zero-order valence-corrected chi connectivity index (χ0v) is 19.2. The van der Waals surface area contributed by atoms with Crippen LogP contribution >= 0.6 is 11.8 Å². The molecule has 0 aromatic heterocycles. The normalized spacial score (nSPS) is 16.8. The molecule has 1 atom stereocenters. The lowest BCUT2D eigenvalue weighted by Crippen LogP contribution is -2.35. The van der Waals surface area contributed by atoms with E-state index in [1.807, 2.05) is 24.3 Å². The molecule has 164 valence electrons. The van der Waals surface area contributed by atoms with Crippen LogP contribution in [0.15, 0.2) is 58.3 Å². The summed E-state index contributed by atoms with van der Waals surface area (Å²) < 4.78 is 10.4. The maximum Gasteiger partial charge on any atom is 0.339 e. The molecule has 5 nitrogen and oxygen atoms in total. The van der Waals surface area contributed by atoms with E-state index in [4.69, 9.17) is 9.47 Å². The van der Waals surface area contributed by atoms with E-state index in [0.29, 0.717) is 11.3 Å². The third-order valence-corrected chi connectivity index (χ3v) is 7.54. The van der Waals surface area contributed by atoms with Crippen molar-refractivity contribution in [1.82, 2.24) is 4.90 Å². The lowest BCUT2D eigenvalue weighted by molar-refractivity contribution is 0.0597. The first-order valence-electron chi connectivity index (χ1n) is 10.6. The number of likely N-dealkylation sites (N-methyl/N-ethyl adjacent to an activating group) is 1. The Bertz CT molecular complexity index is 1220. The Morgan fingerprint density at radius 2 is 1.94 bits per heavy atom. The van der Waals surface area contributed by atoms with Gasteiger partial charge in [-0.1, -0.05) is 30.0 Å². The second kappa shape index (κ2) is 8.19. The molecule has 1 heterocycles. The summed E-state index contributed by atoms with van der Waals surface area (Å²) in [7, 11) is 5.14. The standard InChI is InChI=1S/C26H25NO4S/c1-27-11-10-16-12-17(32-22-7-5-4-6-18(22)26(29)31-3)14-19-23(16)20(27)13-15-8-9-21(30-2)25(28)24(15)19/h4-9,12,14,20,28H,10-11,13H2,1-3H3. The number of fused-ring (bicyclic) bond motifs is 2. The molecule has 1 N–H and O–H groups in total. The van der Waals surface area contributed by atoms with Gasteiger partial charge in [0.25, 0.3) is 0 Å². The molecule has 1 unspecified atom stereocenters. The molecule has 1 aliphatic carbocycles. The van der Waals surface area contributed by atoms with Crippen LogP contribution in [0.25, 0.3) is 11.1 Å². The van der Waals surface area contributed by atoms with E-state index in [1.54, 1.807) is 24.9 Å². The fourth-order valence-corrected chi connectivity index (χ4v) is 5.94. The number of carbonyl (C=O) groups is 1. The number of nitrogens with zero attached hydrogens (tertiary/aromatic N) is 1. The minimum Gasteiger partial charge on any atom is -0.504 e. The van der Waals surface area contributed by atoms with Crippen LogP contribution in [0.3, 0.4) is 0 Å². The number of aromatic hydroxyl groups is 1. The van der Waals surface area contributed by atoms with Crippen molar-refractivity contribution in [3.63, 3.8) is 0 Å². The molecule has 0 bridgehead atoms. The molecular weight excluding hydrogens is 422 g/mol. The fourth-order valence-electron chi connectivity index (χ4n) is 4.90. The van der Waals surface area contributed by atoms with Crippen molar-refractivity contribution < 1.29 is 19.4 Å². The summed E-state index contributed by atoms with van der Waals surface area (Å²) >= 11 is 1.55. The second-order valence-corrected chi connectivity index (χ2v) is 9.35. The molecule has 1 aliphatic heterocycles. The highest BCUT2D eigenvalue weighted by Gasteiger charge is 2.35. The number of ether oxygens (including phenoxy) is 2. The van der Waals surface area contributed by atoms with E-state index in [-0.39, 0.29) is 17.8 Å². The number of methoxy groups -OCH3 is 2. The van der Waals surface area contributed by atoms with Crippen LogP contribution in [-0.2, 0) is 17.6 Å². The number of benzene rings is 3. The molecule has 2 aliphatic rings. The largest absolute Gasteiger partial charge is 0.504 e. The van der Waals surface area contributed by atoms with Gasteiger partial charge in [-0.15, -0.1) is 0 Å². The smallest absolute Gasteiger partial charge is 0.339 e. The number of esters is 1. The number of rotatable bonds is 4. The van der Waals surface area contributed by atoms with Gasteiger partial charge in [-0.2, -0.15) is 0 Å². The van der Waals surface area contributed by atoms with Crippen LogP contribution < -0.4 is 4.74 Å². The number of phenolic OH excluding ortho intramolecular Hbond substituents is 1. The highest BCUT2D eigenvalue weighted by molar-refractivity contribution is 7.99. The maximum absolute atomic E-state index is 12.3. The number of hydrogen-bond donors (Lipinski definition) is 1. The molecule has 32 heavy (non-hydrogen) atoms. The van der Waals surface area contributed by atoms with Gasteiger partial charge in [0.15, 0.2) is 11.5 Å². The first-order chi connectivity index (χ1) is 15.5. The van der Waals surface area contributed by atoms with Crippen molar-refractivity contribution in [3.05, 3.63) is 70.8 Å². The predicted octanol–water partition coefficient (Wildman–Crippen LogP) is 5.09. The van der Waals surface area contributed by atoms with E-state index in [2.05, 4.69) is 30.1 Å². The molecule has 0 saturated heterocycles. The molecule has 6 heteroatoms. The van der Waals surface area contributed by atoms with E-state index in [9.17, 15) is 9.90 Å². The summed E-state index contributed by atoms with van der Waals surface area (Å²) in [6.07, 6.45) is 1.81. The molecule has 0 radical (unpaired) electrons. The molecule has 5 rings (SSSR count). The van der Waals surface area contributed by atoms with Crippen LogP contribution in [-0.4, -0.2) is 43.8 Å². The molecule has 0 fully saturated rings. The third kappa shape index (κ3) is 3.34. The van der Waals surface area contributed by atoms with Crippen LogP contribution in [0, 0.1) is 0 Å². The number of hydrogen-bond acceptors (Lipinski definition) is 6. The summed E-state index contributed by atoms with van der Waals surface area (Å²) in [6.45, 7) is 0.988. The minimum atomic E-state index is -0.346.